The van der Waals surface area contributed by atoms with E-state index in [0.717, 1.165) is 38.6 Å². The van der Waals surface area contributed by atoms with Gasteiger partial charge in [-0.1, -0.05) is 171 Å². The predicted molar refractivity (Wildman–Crippen MR) is 248 cm³/mol. The standard InChI is InChI=1S/C55H40N2Si/c1-58(2)54-26-12-10-22-47(54)48-24-14-23-45(55(48)58)37-27-30-44(31-28-37)57-52-25-11-9-21-46(52)49-34-42(29-32-53(49)57)40-19-13-20-41(33-40)43-35-50(38-15-5-3-6-16-38)56-51(36-43)39-17-7-4-8-18-39/h3-36H,1-2H3/i13D,19D,20D,33D. The highest BCUT2D eigenvalue weighted by Crippen LogP contribution is 2.38. The van der Waals surface area contributed by atoms with E-state index in [1.54, 1.807) is 0 Å². The van der Waals surface area contributed by atoms with Gasteiger partial charge in [0.05, 0.1) is 27.9 Å². The first-order chi connectivity index (χ1) is 30.2. The Hall–Kier alpha value is -7.07. The minimum absolute atomic E-state index is 0.0423. The van der Waals surface area contributed by atoms with Gasteiger partial charge in [-0.2, -0.15) is 0 Å². The fraction of sp³-hybridized carbons (Fsp3) is 0.0364. The average Bonchev–Trinajstić information content (AvgIpc) is 3.77. The minimum Gasteiger partial charge on any atom is -0.309 e. The van der Waals surface area contributed by atoms with Crippen LogP contribution in [0.2, 0.25) is 13.1 Å². The zero-order chi connectivity index (χ0) is 42.3. The van der Waals surface area contributed by atoms with Gasteiger partial charge >= 0.3 is 0 Å². The summed E-state index contributed by atoms with van der Waals surface area (Å²) < 4.78 is 39.4. The molecule has 0 bridgehead atoms. The van der Waals surface area contributed by atoms with Gasteiger partial charge in [0.15, 0.2) is 0 Å². The third-order valence-electron chi connectivity index (χ3n) is 11.9. The lowest BCUT2D eigenvalue weighted by Gasteiger charge is -2.22. The maximum Gasteiger partial charge on any atom is 0.114 e. The number of fused-ring (bicyclic) bond motifs is 6. The highest BCUT2D eigenvalue weighted by Gasteiger charge is 2.39. The van der Waals surface area contributed by atoms with Crippen LogP contribution in [0.4, 0.5) is 0 Å². The van der Waals surface area contributed by atoms with Crippen molar-refractivity contribution < 1.29 is 5.48 Å². The molecule has 0 amide bonds. The molecule has 0 saturated carbocycles. The molecule has 11 rings (SSSR count). The quantitative estimate of drug-likeness (QED) is 0.154. The molecule has 0 fully saturated rings. The number of para-hydroxylation sites is 1. The summed E-state index contributed by atoms with van der Waals surface area (Å²) in [5, 5.41) is 5.03. The second-order valence-corrected chi connectivity index (χ2v) is 19.9. The van der Waals surface area contributed by atoms with Gasteiger partial charge in [-0.15, -0.1) is 0 Å². The number of hydrogen-bond acceptors (Lipinski definition) is 1. The van der Waals surface area contributed by atoms with E-state index in [0.29, 0.717) is 33.6 Å². The van der Waals surface area contributed by atoms with E-state index < -0.39 is 8.07 Å². The molecule has 3 heteroatoms. The molecular formula is C55H40N2Si. The number of benzene rings is 8. The Labute approximate surface area is 346 Å². The van der Waals surface area contributed by atoms with E-state index in [9.17, 15) is 2.74 Å². The average molecular weight is 761 g/mol. The minimum atomic E-state index is -1.91. The first-order valence-electron chi connectivity index (χ1n) is 21.8. The Morgan fingerprint density at radius 3 is 1.78 bits per heavy atom. The molecule has 0 unspecified atom stereocenters. The van der Waals surface area contributed by atoms with Crippen molar-refractivity contribution in [1.82, 2.24) is 9.55 Å². The van der Waals surface area contributed by atoms with Crippen LogP contribution in [0.5, 0.6) is 0 Å². The molecule has 1 aliphatic heterocycles. The van der Waals surface area contributed by atoms with E-state index in [1.807, 2.05) is 84.9 Å². The molecule has 3 heterocycles. The molecule has 58 heavy (non-hydrogen) atoms. The van der Waals surface area contributed by atoms with Crippen molar-refractivity contribution in [3.63, 3.8) is 0 Å². The fourth-order valence-corrected chi connectivity index (χ4v) is 12.6. The van der Waals surface area contributed by atoms with Gasteiger partial charge in [-0.05, 0) is 103 Å². The van der Waals surface area contributed by atoms with E-state index in [1.165, 1.54) is 32.6 Å². The summed E-state index contributed by atoms with van der Waals surface area (Å²) >= 11 is 0. The third-order valence-corrected chi connectivity index (χ3v) is 15.4. The van der Waals surface area contributed by atoms with Crippen molar-refractivity contribution in [3.8, 4) is 72.7 Å². The summed E-state index contributed by atoms with van der Waals surface area (Å²) in [6.45, 7) is 4.93. The SMILES string of the molecule is [2H]c1c([2H])c(-c2cc(-c3ccccc3)nc(-c3ccccc3)c2)c([2H])c(-c2ccc3c(c2)c2ccccc2n3-c2ccc(-c3cccc4c3[Si](C)(C)c3ccccc3-4)cc2)c1[2H]. The van der Waals surface area contributed by atoms with Crippen LogP contribution in [0.25, 0.3) is 94.5 Å². The third kappa shape index (κ3) is 5.58. The topological polar surface area (TPSA) is 17.8 Å². The van der Waals surface area contributed by atoms with Gasteiger partial charge in [-0.3, -0.25) is 0 Å². The summed E-state index contributed by atoms with van der Waals surface area (Å²) in [5.74, 6) is 0. The molecule has 10 aromatic rings. The maximum atomic E-state index is 9.71. The number of aromatic nitrogens is 2. The Morgan fingerprint density at radius 1 is 0.448 bits per heavy atom. The van der Waals surface area contributed by atoms with Crippen LogP contribution in [-0.2, 0) is 0 Å². The number of nitrogens with zero attached hydrogens (tertiary/aromatic N) is 2. The second kappa shape index (κ2) is 13.5. The van der Waals surface area contributed by atoms with Gasteiger partial charge in [0.1, 0.15) is 8.07 Å². The Balaban J connectivity index is 1.04. The molecular weight excluding hydrogens is 717 g/mol. The lowest BCUT2D eigenvalue weighted by atomic mass is 9.96. The number of hydrogen-bond donors (Lipinski definition) is 0. The Bertz CT molecular complexity index is 3360. The number of pyridine rings is 1. The van der Waals surface area contributed by atoms with E-state index in [2.05, 4.69) is 115 Å². The van der Waals surface area contributed by atoms with Gasteiger partial charge in [0, 0.05) is 27.6 Å². The molecule has 2 nitrogen and oxygen atoms in total. The molecule has 0 atom stereocenters. The zero-order valence-electron chi connectivity index (χ0n) is 36.2. The zero-order valence-corrected chi connectivity index (χ0v) is 33.2. The van der Waals surface area contributed by atoms with Gasteiger partial charge < -0.3 is 4.57 Å². The van der Waals surface area contributed by atoms with Crippen LogP contribution in [0.15, 0.2) is 206 Å². The summed E-state index contributed by atoms with van der Waals surface area (Å²) in [5.41, 5.74) is 13.5. The summed E-state index contributed by atoms with van der Waals surface area (Å²) in [4.78, 5) is 5.01. The molecule has 0 aliphatic carbocycles. The molecule has 1 aliphatic rings. The Morgan fingerprint density at radius 2 is 1.03 bits per heavy atom. The van der Waals surface area contributed by atoms with Crippen molar-refractivity contribution in [3.05, 3.63) is 206 Å². The van der Waals surface area contributed by atoms with Gasteiger partial charge in [-0.25, -0.2) is 4.98 Å². The van der Waals surface area contributed by atoms with Crippen molar-refractivity contribution in [2.75, 3.05) is 0 Å². The lowest BCUT2D eigenvalue weighted by molar-refractivity contribution is 1.18. The number of rotatable bonds is 6. The molecule has 8 aromatic carbocycles. The van der Waals surface area contributed by atoms with Crippen molar-refractivity contribution in [2.45, 2.75) is 13.1 Å². The van der Waals surface area contributed by atoms with E-state index in [4.69, 9.17) is 7.73 Å². The molecule has 0 spiro atoms. The first kappa shape index (κ1) is 30.1. The van der Waals surface area contributed by atoms with Crippen LogP contribution in [0.3, 0.4) is 0 Å². The summed E-state index contributed by atoms with van der Waals surface area (Å²) in [6, 6.07) is 62.1. The van der Waals surface area contributed by atoms with Crippen molar-refractivity contribution >= 4 is 40.3 Å². The van der Waals surface area contributed by atoms with Crippen molar-refractivity contribution in [2.24, 2.45) is 0 Å². The molecule has 274 valence electrons. The van der Waals surface area contributed by atoms with Crippen LogP contribution < -0.4 is 10.4 Å². The van der Waals surface area contributed by atoms with E-state index in [-0.39, 0.29) is 24.2 Å². The largest absolute Gasteiger partial charge is 0.309 e. The summed E-state index contributed by atoms with van der Waals surface area (Å²) in [7, 11) is -1.91. The molecule has 2 aromatic heterocycles. The first-order valence-corrected chi connectivity index (χ1v) is 22.8. The monoisotopic (exact) mass is 760 g/mol. The lowest BCUT2D eigenvalue weighted by Crippen LogP contribution is -2.50. The highest BCUT2D eigenvalue weighted by atomic mass is 28.3. The van der Waals surface area contributed by atoms with Gasteiger partial charge in [0.2, 0.25) is 0 Å². The van der Waals surface area contributed by atoms with Crippen molar-refractivity contribution in [1.29, 1.82) is 0 Å². The normalized spacial score (nSPS) is 13.8. The second-order valence-electron chi connectivity index (χ2n) is 15.6. The van der Waals surface area contributed by atoms with Crippen LogP contribution in [-0.4, -0.2) is 17.6 Å². The fourth-order valence-electron chi connectivity index (χ4n) is 9.11. The highest BCUT2D eigenvalue weighted by molar-refractivity contribution is 7.04. The predicted octanol–water partition coefficient (Wildman–Crippen LogP) is 13.3. The maximum absolute atomic E-state index is 9.71. The smallest absolute Gasteiger partial charge is 0.114 e. The van der Waals surface area contributed by atoms with Crippen LogP contribution in [0, 0.1) is 0 Å². The van der Waals surface area contributed by atoms with Gasteiger partial charge in [0.25, 0.3) is 0 Å². The van der Waals surface area contributed by atoms with Crippen LogP contribution >= 0.6 is 0 Å². The molecule has 0 saturated heterocycles. The van der Waals surface area contributed by atoms with Crippen LogP contribution in [0.1, 0.15) is 5.48 Å². The summed E-state index contributed by atoms with van der Waals surface area (Å²) in [6.07, 6.45) is 0. The Kier molecular flexibility index (Phi) is 7.03. The molecule has 0 radical (unpaired) electrons. The molecule has 0 N–H and O–H groups in total. The van der Waals surface area contributed by atoms with E-state index >= 15 is 0 Å².